The Bertz CT molecular complexity index is 409. The van der Waals surface area contributed by atoms with E-state index >= 15 is 0 Å². The third-order valence-corrected chi connectivity index (χ3v) is 3.04. The van der Waals surface area contributed by atoms with Gasteiger partial charge >= 0.3 is 0 Å². The molecule has 2 N–H and O–H groups in total. The lowest BCUT2D eigenvalue weighted by atomic mass is 10.1. The summed E-state index contributed by atoms with van der Waals surface area (Å²) in [5, 5.41) is 18.3. The summed E-state index contributed by atoms with van der Waals surface area (Å²) in [6.07, 6.45) is -0.727. The first kappa shape index (κ1) is 15.8. The maximum Gasteiger partial charge on any atom is 0.129 e. The van der Waals surface area contributed by atoms with Crippen molar-refractivity contribution in [1.29, 1.82) is 0 Å². The molecule has 0 amide bonds. The molecule has 0 aliphatic carbocycles. The van der Waals surface area contributed by atoms with E-state index in [1.165, 1.54) is 0 Å². The average Bonchev–Trinajstić information content (AvgIpc) is 2.39. The molecule has 0 spiro atoms. The van der Waals surface area contributed by atoms with E-state index in [2.05, 4.69) is 0 Å². The maximum absolute atomic E-state index is 9.43. The average molecular weight is 269 g/mol. The number of methoxy groups -OCH3 is 2. The van der Waals surface area contributed by atoms with Gasteiger partial charge in [0, 0.05) is 24.2 Å². The Hall–Kier alpha value is -1.30. The second kappa shape index (κ2) is 7.33. The van der Waals surface area contributed by atoms with Crippen molar-refractivity contribution in [2.75, 3.05) is 34.4 Å². The molecule has 0 saturated carbocycles. The summed E-state index contributed by atoms with van der Waals surface area (Å²) in [4.78, 5) is 1.94. The van der Waals surface area contributed by atoms with E-state index in [4.69, 9.17) is 14.6 Å². The van der Waals surface area contributed by atoms with Gasteiger partial charge in [0.05, 0.1) is 26.9 Å². The minimum Gasteiger partial charge on any atom is -0.496 e. The summed E-state index contributed by atoms with van der Waals surface area (Å²) < 4.78 is 10.7. The smallest absolute Gasteiger partial charge is 0.129 e. The quantitative estimate of drug-likeness (QED) is 0.766. The van der Waals surface area contributed by atoms with Gasteiger partial charge in [-0.1, -0.05) is 6.07 Å². The number of ether oxygens (including phenoxy) is 2. The molecular formula is C14H23NO4. The van der Waals surface area contributed by atoms with Crippen molar-refractivity contribution >= 4 is 0 Å². The highest BCUT2D eigenvalue weighted by Gasteiger charge is 2.14. The van der Waals surface area contributed by atoms with Gasteiger partial charge in [0.2, 0.25) is 0 Å². The number of hydrogen-bond donors (Lipinski definition) is 2. The summed E-state index contributed by atoms with van der Waals surface area (Å²) >= 11 is 0. The predicted octanol–water partition coefficient (Wildman–Crippen LogP) is 0.797. The molecule has 0 aromatic heterocycles. The number of hydrogen-bond acceptors (Lipinski definition) is 5. The normalized spacial score (nSPS) is 12.6. The number of aliphatic hydroxyl groups is 2. The first-order chi connectivity index (χ1) is 9.03. The third kappa shape index (κ3) is 4.09. The topological polar surface area (TPSA) is 62.2 Å². The van der Waals surface area contributed by atoms with Gasteiger partial charge < -0.3 is 19.7 Å². The molecule has 1 atom stereocenters. The first-order valence-corrected chi connectivity index (χ1v) is 6.21. The van der Waals surface area contributed by atoms with Crippen molar-refractivity contribution in [3.05, 3.63) is 23.3 Å². The Labute approximate surface area is 114 Å². The lowest BCUT2D eigenvalue weighted by Gasteiger charge is -2.22. The van der Waals surface area contributed by atoms with Crippen molar-refractivity contribution in [3.63, 3.8) is 0 Å². The molecule has 0 heterocycles. The van der Waals surface area contributed by atoms with Crippen LogP contribution in [0, 0.1) is 6.92 Å². The summed E-state index contributed by atoms with van der Waals surface area (Å²) in [6.45, 7) is 2.75. The fraction of sp³-hybridized carbons (Fsp3) is 0.571. The van der Waals surface area contributed by atoms with Crippen LogP contribution in [-0.4, -0.2) is 55.6 Å². The number of likely N-dealkylation sites (N-methyl/N-ethyl adjacent to an activating group) is 1. The first-order valence-electron chi connectivity index (χ1n) is 6.21. The molecule has 19 heavy (non-hydrogen) atoms. The van der Waals surface area contributed by atoms with Gasteiger partial charge in [0.25, 0.3) is 0 Å². The molecule has 0 bridgehead atoms. The zero-order chi connectivity index (χ0) is 14.4. The summed E-state index contributed by atoms with van der Waals surface area (Å²) in [6, 6.07) is 3.86. The lowest BCUT2D eigenvalue weighted by molar-refractivity contribution is 0.0646. The Morgan fingerprint density at radius 3 is 2.47 bits per heavy atom. The summed E-state index contributed by atoms with van der Waals surface area (Å²) in [5.41, 5.74) is 1.98. The van der Waals surface area contributed by atoms with Crippen LogP contribution in [0.2, 0.25) is 0 Å². The molecule has 1 rings (SSSR count). The summed E-state index contributed by atoms with van der Waals surface area (Å²) in [5.74, 6) is 1.59. The van der Waals surface area contributed by atoms with Crippen LogP contribution in [-0.2, 0) is 6.54 Å². The van der Waals surface area contributed by atoms with Crippen molar-refractivity contribution in [2.45, 2.75) is 19.6 Å². The molecule has 0 radical (unpaired) electrons. The number of rotatable bonds is 7. The van der Waals surface area contributed by atoms with Crippen molar-refractivity contribution in [3.8, 4) is 11.5 Å². The minimum atomic E-state index is -0.727. The minimum absolute atomic E-state index is 0.233. The van der Waals surface area contributed by atoms with E-state index < -0.39 is 6.10 Å². The molecule has 0 fully saturated rings. The second-order valence-electron chi connectivity index (χ2n) is 4.62. The lowest BCUT2D eigenvalue weighted by Crippen LogP contribution is -2.31. The van der Waals surface area contributed by atoms with E-state index in [0.717, 1.165) is 22.6 Å². The highest BCUT2D eigenvalue weighted by Crippen LogP contribution is 2.31. The van der Waals surface area contributed by atoms with Gasteiger partial charge in [-0.15, -0.1) is 0 Å². The van der Waals surface area contributed by atoms with Crippen LogP contribution >= 0.6 is 0 Å². The van der Waals surface area contributed by atoms with Crippen LogP contribution in [0.15, 0.2) is 12.1 Å². The van der Waals surface area contributed by atoms with Gasteiger partial charge in [0.15, 0.2) is 0 Å². The zero-order valence-corrected chi connectivity index (χ0v) is 12.0. The highest BCUT2D eigenvalue weighted by molar-refractivity contribution is 5.49. The molecule has 108 valence electrons. The van der Waals surface area contributed by atoms with Crippen LogP contribution < -0.4 is 9.47 Å². The van der Waals surface area contributed by atoms with Gasteiger partial charge in [-0.25, -0.2) is 0 Å². The fourth-order valence-electron chi connectivity index (χ4n) is 2.13. The molecule has 5 nitrogen and oxygen atoms in total. The molecule has 0 saturated heterocycles. The molecular weight excluding hydrogens is 246 g/mol. The molecule has 1 aromatic rings. The van der Waals surface area contributed by atoms with Crippen LogP contribution in [0.3, 0.4) is 0 Å². The molecule has 1 unspecified atom stereocenters. The molecule has 5 heteroatoms. The number of nitrogens with zero attached hydrogens (tertiary/aromatic N) is 1. The Morgan fingerprint density at radius 1 is 1.26 bits per heavy atom. The Balaban J connectivity index is 2.86. The Morgan fingerprint density at radius 2 is 1.95 bits per heavy atom. The van der Waals surface area contributed by atoms with Gasteiger partial charge in [-0.3, -0.25) is 4.90 Å². The zero-order valence-electron chi connectivity index (χ0n) is 12.0. The van der Waals surface area contributed by atoms with Crippen LogP contribution in [0.1, 0.15) is 11.1 Å². The van der Waals surface area contributed by atoms with E-state index in [-0.39, 0.29) is 6.61 Å². The van der Waals surface area contributed by atoms with Crippen LogP contribution in [0.4, 0.5) is 0 Å². The van der Waals surface area contributed by atoms with E-state index in [9.17, 15) is 5.11 Å². The van der Waals surface area contributed by atoms with Gasteiger partial charge in [-0.05, 0) is 20.0 Å². The molecule has 1 aromatic carbocycles. The monoisotopic (exact) mass is 269 g/mol. The van der Waals surface area contributed by atoms with Crippen molar-refractivity contribution in [1.82, 2.24) is 4.90 Å². The Kier molecular flexibility index (Phi) is 6.08. The van der Waals surface area contributed by atoms with Crippen LogP contribution in [0.5, 0.6) is 11.5 Å². The molecule has 0 aliphatic heterocycles. The van der Waals surface area contributed by atoms with E-state index in [1.807, 2.05) is 31.0 Å². The highest BCUT2D eigenvalue weighted by atomic mass is 16.5. The standard InChI is InChI=1S/C14H23NO4/c1-10-13(18-3)6-5-11(14(10)19-4)7-15(2)8-12(17)9-16/h5-6,12,16-17H,7-9H2,1-4H3. The second-order valence-corrected chi connectivity index (χ2v) is 4.62. The maximum atomic E-state index is 9.43. The van der Waals surface area contributed by atoms with Crippen molar-refractivity contribution < 1.29 is 19.7 Å². The van der Waals surface area contributed by atoms with Gasteiger partial charge in [-0.2, -0.15) is 0 Å². The SMILES string of the molecule is COc1ccc(CN(C)CC(O)CO)c(OC)c1C. The third-order valence-electron chi connectivity index (χ3n) is 3.04. The van der Waals surface area contributed by atoms with E-state index in [1.54, 1.807) is 14.2 Å². The number of aliphatic hydroxyl groups excluding tert-OH is 2. The van der Waals surface area contributed by atoms with Crippen LogP contribution in [0.25, 0.3) is 0 Å². The predicted molar refractivity (Wildman–Crippen MR) is 73.7 cm³/mol. The van der Waals surface area contributed by atoms with E-state index in [0.29, 0.717) is 13.1 Å². The van der Waals surface area contributed by atoms with Crippen molar-refractivity contribution in [2.24, 2.45) is 0 Å². The summed E-state index contributed by atoms with van der Waals surface area (Å²) in [7, 11) is 5.15. The van der Waals surface area contributed by atoms with Gasteiger partial charge in [0.1, 0.15) is 11.5 Å². The fourth-order valence-corrected chi connectivity index (χ4v) is 2.13. The number of benzene rings is 1. The molecule has 0 aliphatic rings. The largest absolute Gasteiger partial charge is 0.496 e.